The molecule has 122 valence electrons. The van der Waals surface area contributed by atoms with Crippen LogP contribution in [0.5, 0.6) is 0 Å². The molecule has 22 heavy (non-hydrogen) atoms. The van der Waals surface area contributed by atoms with Crippen molar-refractivity contribution in [3.8, 4) is 0 Å². The van der Waals surface area contributed by atoms with Gasteiger partial charge in [0.2, 0.25) is 0 Å². The van der Waals surface area contributed by atoms with Gasteiger partial charge in [-0.3, -0.25) is 4.90 Å². The minimum absolute atomic E-state index is 0.0613. The van der Waals surface area contributed by atoms with Crippen molar-refractivity contribution in [1.29, 1.82) is 0 Å². The van der Waals surface area contributed by atoms with Crippen LogP contribution in [0.2, 0.25) is 0 Å². The van der Waals surface area contributed by atoms with Gasteiger partial charge in [-0.25, -0.2) is 13.2 Å². The maximum atomic E-state index is 14.4. The lowest BCUT2D eigenvalue weighted by molar-refractivity contribution is 0.0970. The van der Waals surface area contributed by atoms with Crippen LogP contribution in [0.1, 0.15) is 43.7 Å². The van der Waals surface area contributed by atoms with Gasteiger partial charge in [0.25, 0.3) is 0 Å². The predicted octanol–water partition coefficient (Wildman–Crippen LogP) is 3.63. The maximum absolute atomic E-state index is 14.4. The Morgan fingerprint density at radius 1 is 0.955 bits per heavy atom. The molecule has 0 radical (unpaired) electrons. The third-order valence-electron chi connectivity index (χ3n) is 5.02. The molecule has 3 rings (SSSR count). The van der Waals surface area contributed by atoms with Gasteiger partial charge in [0.05, 0.1) is 0 Å². The molecule has 0 amide bonds. The van der Waals surface area contributed by atoms with Crippen LogP contribution in [0.4, 0.5) is 13.2 Å². The van der Waals surface area contributed by atoms with Gasteiger partial charge < -0.3 is 5.32 Å². The molecule has 1 aliphatic carbocycles. The van der Waals surface area contributed by atoms with Gasteiger partial charge in [0.15, 0.2) is 11.6 Å². The van der Waals surface area contributed by atoms with Crippen LogP contribution in [0.25, 0.3) is 0 Å². The second kappa shape index (κ2) is 7.01. The van der Waals surface area contributed by atoms with Crippen LogP contribution < -0.4 is 5.32 Å². The normalized spacial score (nSPS) is 22.7. The highest BCUT2D eigenvalue weighted by molar-refractivity contribution is 5.26. The Bertz CT molecular complexity index is 491. The smallest absolute Gasteiger partial charge is 0.166 e. The number of piperazine rings is 1. The first-order chi connectivity index (χ1) is 10.7. The van der Waals surface area contributed by atoms with E-state index >= 15 is 0 Å². The fourth-order valence-electron chi connectivity index (χ4n) is 3.94. The molecule has 1 atom stereocenters. The number of nitrogens with one attached hydrogen (secondary N) is 1. The Balaban J connectivity index is 1.98. The van der Waals surface area contributed by atoms with Crippen molar-refractivity contribution in [1.82, 2.24) is 10.2 Å². The molecular formula is C17H23F3N2. The molecule has 2 fully saturated rings. The number of nitrogens with zero attached hydrogens (tertiary/aromatic N) is 1. The number of hydrogen-bond acceptors (Lipinski definition) is 2. The lowest BCUT2D eigenvalue weighted by Gasteiger charge is -2.41. The Kier molecular flexibility index (Phi) is 5.03. The standard InChI is InChI=1S/C17H23F3N2/c18-13-6-7-14(19)16(20)15(13)17(12-4-2-1-3-5-12)22-10-8-21-9-11-22/h6-7,12,17,21H,1-5,8-11H2/t17-/m0/s1. The average molecular weight is 312 g/mol. The van der Waals surface area contributed by atoms with E-state index in [2.05, 4.69) is 10.2 Å². The Labute approximate surface area is 129 Å². The van der Waals surface area contributed by atoms with Crippen molar-refractivity contribution in [2.24, 2.45) is 5.92 Å². The summed E-state index contributed by atoms with van der Waals surface area (Å²) in [6, 6.07) is 1.59. The highest BCUT2D eigenvalue weighted by atomic mass is 19.2. The van der Waals surface area contributed by atoms with E-state index in [0.29, 0.717) is 0 Å². The molecule has 5 heteroatoms. The molecule has 1 aromatic rings. The van der Waals surface area contributed by atoms with Crippen LogP contribution in [-0.4, -0.2) is 31.1 Å². The predicted molar refractivity (Wildman–Crippen MR) is 80.1 cm³/mol. The summed E-state index contributed by atoms with van der Waals surface area (Å²) < 4.78 is 42.4. The van der Waals surface area contributed by atoms with Crippen LogP contribution in [0.15, 0.2) is 12.1 Å². The van der Waals surface area contributed by atoms with Crippen LogP contribution >= 0.6 is 0 Å². The molecule has 0 bridgehead atoms. The SMILES string of the molecule is Fc1ccc(F)c([C@H](C2CCCCC2)N2CCNCC2)c1F. The third kappa shape index (κ3) is 3.15. The maximum Gasteiger partial charge on any atom is 0.166 e. The summed E-state index contributed by atoms with van der Waals surface area (Å²) in [6.45, 7) is 3.11. The first kappa shape index (κ1) is 15.8. The third-order valence-corrected chi connectivity index (χ3v) is 5.02. The lowest BCUT2D eigenvalue weighted by atomic mass is 9.79. The van der Waals surface area contributed by atoms with E-state index in [4.69, 9.17) is 0 Å². The van der Waals surface area contributed by atoms with E-state index < -0.39 is 17.5 Å². The van der Waals surface area contributed by atoms with E-state index in [1.54, 1.807) is 0 Å². The number of halogens is 3. The van der Waals surface area contributed by atoms with E-state index in [9.17, 15) is 13.2 Å². The molecule has 1 aromatic carbocycles. The molecule has 0 spiro atoms. The quantitative estimate of drug-likeness (QED) is 0.858. The molecule has 1 saturated carbocycles. The zero-order chi connectivity index (χ0) is 15.5. The molecule has 1 N–H and O–H groups in total. The fourth-order valence-corrected chi connectivity index (χ4v) is 3.94. The van der Waals surface area contributed by atoms with Crippen molar-refractivity contribution in [2.75, 3.05) is 26.2 Å². The zero-order valence-corrected chi connectivity index (χ0v) is 12.8. The van der Waals surface area contributed by atoms with E-state index in [1.165, 1.54) is 6.42 Å². The summed E-state index contributed by atoms with van der Waals surface area (Å²) in [5, 5.41) is 3.26. The highest BCUT2D eigenvalue weighted by Gasteiger charge is 2.35. The molecule has 1 saturated heterocycles. The Morgan fingerprint density at radius 3 is 2.27 bits per heavy atom. The van der Waals surface area contributed by atoms with E-state index in [0.717, 1.165) is 64.0 Å². The van der Waals surface area contributed by atoms with Gasteiger partial charge >= 0.3 is 0 Å². The molecule has 0 aromatic heterocycles. The van der Waals surface area contributed by atoms with Crippen molar-refractivity contribution in [3.63, 3.8) is 0 Å². The molecule has 1 heterocycles. The fraction of sp³-hybridized carbons (Fsp3) is 0.647. The summed E-state index contributed by atoms with van der Waals surface area (Å²) in [4.78, 5) is 2.13. The van der Waals surface area contributed by atoms with E-state index in [-0.39, 0.29) is 17.5 Å². The summed E-state index contributed by atoms with van der Waals surface area (Å²) in [5.41, 5.74) is -0.0613. The van der Waals surface area contributed by atoms with Gasteiger partial charge in [0.1, 0.15) is 5.82 Å². The van der Waals surface area contributed by atoms with Gasteiger partial charge in [-0.05, 0) is 30.9 Å². The van der Waals surface area contributed by atoms with Gasteiger partial charge in [0, 0.05) is 37.8 Å². The summed E-state index contributed by atoms with van der Waals surface area (Å²) in [5.74, 6) is -2.37. The second-order valence-corrected chi connectivity index (χ2v) is 6.39. The van der Waals surface area contributed by atoms with Crippen molar-refractivity contribution in [3.05, 3.63) is 35.1 Å². The van der Waals surface area contributed by atoms with Crippen molar-refractivity contribution < 1.29 is 13.2 Å². The summed E-state index contributed by atoms with van der Waals surface area (Å²) >= 11 is 0. The Morgan fingerprint density at radius 2 is 1.59 bits per heavy atom. The van der Waals surface area contributed by atoms with Crippen molar-refractivity contribution >= 4 is 0 Å². The minimum atomic E-state index is -1.01. The second-order valence-electron chi connectivity index (χ2n) is 6.39. The van der Waals surface area contributed by atoms with Crippen LogP contribution in [0, 0.1) is 23.4 Å². The monoisotopic (exact) mass is 312 g/mol. The highest BCUT2D eigenvalue weighted by Crippen LogP contribution is 2.40. The average Bonchev–Trinajstić information content (AvgIpc) is 2.57. The number of rotatable bonds is 3. The largest absolute Gasteiger partial charge is 0.314 e. The number of hydrogen-bond donors (Lipinski definition) is 1. The molecular weight excluding hydrogens is 289 g/mol. The van der Waals surface area contributed by atoms with Crippen LogP contribution in [0.3, 0.4) is 0 Å². The first-order valence-electron chi connectivity index (χ1n) is 8.26. The van der Waals surface area contributed by atoms with Crippen molar-refractivity contribution in [2.45, 2.75) is 38.1 Å². The Hall–Kier alpha value is -1.07. The zero-order valence-electron chi connectivity index (χ0n) is 12.8. The van der Waals surface area contributed by atoms with E-state index in [1.807, 2.05) is 0 Å². The lowest BCUT2D eigenvalue weighted by Crippen LogP contribution is -2.47. The number of benzene rings is 1. The topological polar surface area (TPSA) is 15.3 Å². The molecule has 0 unspecified atom stereocenters. The molecule has 2 aliphatic rings. The summed E-state index contributed by atoms with van der Waals surface area (Å²) in [6.07, 6.45) is 5.28. The first-order valence-corrected chi connectivity index (χ1v) is 8.26. The molecule has 1 aliphatic heterocycles. The minimum Gasteiger partial charge on any atom is -0.314 e. The van der Waals surface area contributed by atoms with Gasteiger partial charge in [-0.2, -0.15) is 0 Å². The van der Waals surface area contributed by atoms with Gasteiger partial charge in [-0.15, -0.1) is 0 Å². The van der Waals surface area contributed by atoms with Crippen LogP contribution in [-0.2, 0) is 0 Å². The van der Waals surface area contributed by atoms with Gasteiger partial charge in [-0.1, -0.05) is 19.3 Å². The summed E-state index contributed by atoms with van der Waals surface area (Å²) in [7, 11) is 0. The molecule has 2 nitrogen and oxygen atoms in total.